The van der Waals surface area contributed by atoms with Crippen LogP contribution in [0.5, 0.6) is 0 Å². The molecule has 2 atom stereocenters. The maximum absolute atomic E-state index is 4.07. The fourth-order valence-electron chi connectivity index (χ4n) is 1.21. The highest BCUT2D eigenvalue weighted by Crippen LogP contribution is 2.55. The molecule has 0 N–H and O–H groups in total. The van der Waals surface area contributed by atoms with Crippen LogP contribution in [0.2, 0.25) is 0 Å². The fraction of sp³-hybridized carbons (Fsp3) is 0.667. The normalized spacial score (nSPS) is 37.2. The largest absolute Gasteiger partial charge is 0.270 e. The van der Waals surface area contributed by atoms with Crippen molar-refractivity contribution in [2.24, 2.45) is 10.4 Å². The molecule has 62 valence electrons. The predicted molar refractivity (Wildman–Crippen MR) is 58.5 cm³/mol. The van der Waals surface area contributed by atoms with Crippen molar-refractivity contribution in [2.75, 3.05) is 0 Å². The van der Waals surface area contributed by atoms with E-state index in [1.54, 1.807) is 0 Å². The van der Waals surface area contributed by atoms with E-state index >= 15 is 0 Å². The van der Waals surface area contributed by atoms with Gasteiger partial charge in [0.15, 0.2) is 0 Å². The number of rotatable bonds is 3. The molecule has 0 spiro atoms. The first-order chi connectivity index (χ1) is 5.25. The zero-order valence-electron chi connectivity index (χ0n) is 7.05. The average Bonchev–Trinajstić information content (AvgIpc) is 2.64. The van der Waals surface area contributed by atoms with Gasteiger partial charge in [-0.05, 0) is 19.8 Å². The van der Waals surface area contributed by atoms with E-state index in [0.717, 1.165) is 3.92 Å². The first kappa shape index (κ1) is 9.23. The van der Waals surface area contributed by atoms with Crippen LogP contribution in [0.1, 0.15) is 26.7 Å². The summed E-state index contributed by atoms with van der Waals surface area (Å²) in [6.45, 7) is 4.19. The van der Waals surface area contributed by atoms with E-state index in [2.05, 4.69) is 40.6 Å². The molecule has 0 bridgehead atoms. The van der Waals surface area contributed by atoms with Crippen molar-refractivity contribution < 1.29 is 0 Å². The SMILES string of the molecule is CC=N/C=C\C1(CC)CC1I. The van der Waals surface area contributed by atoms with Gasteiger partial charge in [0.1, 0.15) is 0 Å². The van der Waals surface area contributed by atoms with Crippen LogP contribution in [0.4, 0.5) is 0 Å². The lowest BCUT2D eigenvalue weighted by atomic mass is 10.0. The molecular weight excluding hydrogens is 249 g/mol. The van der Waals surface area contributed by atoms with E-state index in [-0.39, 0.29) is 0 Å². The molecule has 11 heavy (non-hydrogen) atoms. The number of aliphatic imine (C=N–C) groups is 1. The van der Waals surface area contributed by atoms with Crippen molar-refractivity contribution in [3.8, 4) is 0 Å². The third kappa shape index (κ3) is 2.04. The first-order valence-corrected chi connectivity index (χ1v) is 5.29. The maximum Gasteiger partial charge on any atom is 0.0229 e. The third-order valence-electron chi connectivity index (χ3n) is 2.32. The maximum atomic E-state index is 4.07. The fourth-order valence-corrected chi connectivity index (χ4v) is 2.68. The molecule has 0 aromatic carbocycles. The zero-order valence-corrected chi connectivity index (χ0v) is 9.21. The van der Waals surface area contributed by atoms with Crippen LogP contribution in [0.3, 0.4) is 0 Å². The topological polar surface area (TPSA) is 12.4 Å². The zero-order chi connectivity index (χ0) is 8.32. The van der Waals surface area contributed by atoms with Gasteiger partial charge >= 0.3 is 0 Å². The summed E-state index contributed by atoms with van der Waals surface area (Å²) in [6.07, 6.45) is 8.59. The van der Waals surface area contributed by atoms with E-state index in [0.29, 0.717) is 5.41 Å². The van der Waals surface area contributed by atoms with Gasteiger partial charge in [-0.1, -0.05) is 35.6 Å². The van der Waals surface area contributed by atoms with Crippen LogP contribution in [0, 0.1) is 5.41 Å². The molecule has 0 saturated heterocycles. The van der Waals surface area contributed by atoms with E-state index in [4.69, 9.17) is 0 Å². The summed E-state index contributed by atoms with van der Waals surface area (Å²) in [5, 5.41) is 0. The van der Waals surface area contributed by atoms with E-state index in [1.807, 2.05) is 19.3 Å². The Bertz CT molecular complexity index is 182. The van der Waals surface area contributed by atoms with Crippen LogP contribution in [0.25, 0.3) is 0 Å². The minimum Gasteiger partial charge on any atom is -0.270 e. The van der Waals surface area contributed by atoms with E-state index in [1.165, 1.54) is 12.8 Å². The highest BCUT2D eigenvalue weighted by molar-refractivity contribution is 14.1. The van der Waals surface area contributed by atoms with Gasteiger partial charge < -0.3 is 0 Å². The Morgan fingerprint density at radius 2 is 2.36 bits per heavy atom. The van der Waals surface area contributed by atoms with Crippen molar-refractivity contribution in [2.45, 2.75) is 30.6 Å². The van der Waals surface area contributed by atoms with Crippen LogP contribution in [0.15, 0.2) is 17.3 Å². The monoisotopic (exact) mass is 263 g/mol. The van der Waals surface area contributed by atoms with E-state index in [9.17, 15) is 0 Å². The van der Waals surface area contributed by atoms with Gasteiger partial charge in [0.25, 0.3) is 0 Å². The third-order valence-corrected chi connectivity index (χ3v) is 4.00. The number of alkyl halides is 1. The molecular formula is C9H14IN. The Labute approximate surface area is 82.1 Å². The summed E-state index contributed by atoms with van der Waals surface area (Å²) in [6, 6.07) is 0. The second-order valence-electron chi connectivity index (χ2n) is 2.98. The van der Waals surface area contributed by atoms with Gasteiger partial charge in [0, 0.05) is 21.8 Å². The van der Waals surface area contributed by atoms with Gasteiger partial charge in [-0.2, -0.15) is 0 Å². The number of allylic oxidation sites excluding steroid dienone is 1. The lowest BCUT2D eigenvalue weighted by molar-refractivity contribution is 0.632. The summed E-state index contributed by atoms with van der Waals surface area (Å²) in [5.41, 5.74) is 0.493. The van der Waals surface area contributed by atoms with Crippen molar-refractivity contribution in [3.63, 3.8) is 0 Å². The minimum absolute atomic E-state index is 0.493. The quantitative estimate of drug-likeness (QED) is 0.421. The van der Waals surface area contributed by atoms with Crippen molar-refractivity contribution in [1.29, 1.82) is 0 Å². The van der Waals surface area contributed by atoms with Crippen LogP contribution < -0.4 is 0 Å². The van der Waals surface area contributed by atoms with Gasteiger partial charge in [-0.3, -0.25) is 4.99 Å². The van der Waals surface area contributed by atoms with Crippen molar-refractivity contribution >= 4 is 28.8 Å². The molecule has 1 aliphatic carbocycles. The molecule has 1 rings (SSSR count). The average molecular weight is 263 g/mol. The molecule has 1 saturated carbocycles. The Hall–Kier alpha value is 0.140. The Morgan fingerprint density at radius 1 is 1.73 bits per heavy atom. The molecule has 0 aromatic heterocycles. The first-order valence-electron chi connectivity index (χ1n) is 4.05. The van der Waals surface area contributed by atoms with Gasteiger partial charge in [0.2, 0.25) is 0 Å². The molecule has 1 fully saturated rings. The van der Waals surface area contributed by atoms with Gasteiger partial charge in [0.05, 0.1) is 0 Å². The smallest absolute Gasteiger partial charge is 0.0229 e. The summed E-state index contributed by atoms with van der Waals surface area (Å²) < 4.78 is 0.841. The molecule has 0 radical (unpaired) electrons. The van der Waals surface area contributed by atoms with Crippen LogP contribution in [-0.4, -0.2) is 10.1 Å². The Balaban J connectivity index is 2.47. The van der Waals surface area contributed by atoms with Crippen LogP contribution >= 0.6 is 22.6 Å². The molecule has 1 aliphatic rings. The summed E-state index contributed by atoms with van der Waals surface area (Å²) >= 11 is 2.52. The predicted octanol–water partition coefficient (Wildman–Crippen LogP) is 3.19. The molecule has 0 aliphatic heterocycles. The van der Waals surface area contributed by atoms with Crippen molar-refractivity contribution in [1.82, 2.24) is 0 Å². The van der Waals surface area contributed by atoms with Gasteiger partial charge in [-0.25, -0.2) is 0 Å². The molecule has 1 nitrogen and oxygen atoms in total. The number of hydrogen-bond donors (Lipinski definition) is 0. The number of nitrogens with zero attached hydrogens (tertiary/aromatic N) is 1. The summed E-state index contributed by atoms with van der Waals surface area (Å²) in [4.78, 5) is 4.07. The summed E-state index contributed by atoms with van der Waals surface area (Å²) in [5.74, 6) is 0. The second-order valence-corrected chi connectivity index (χ2v) is 4.48. The van der Waals surface area contributed by atoms with Crippen molar-refractivity contribution in [3.05, 3.63) is 12.3 Å². The molecule has 0 aromatic rings. The number of halogens is 1. The lowest BCUT2D eigenvalue weighted by Gasteiger charge is -2.03. The highest BCUT2D eigenvalue weighted by Gasteiger charge is 2.48. The molecule has 0 amide bonds. The van der Waals surface area contributed by atoms with Gasteiger partial charge in [-0.15, -0.1) is 0 Å². The molecule has 2 unspecified atom stereocenters. The summed E-state index contributed by atoms with van der Waals surface area (Å²) in [7, 11) is 0. The Morgan fingerprint density at radius 3 is 2.73 bits per heavy atom. The lowest BCUT2D eigenvalue weighted by Crippen LogP contribution is -1.95. The Kier molecular flexibility index (Phi) is 3.10. The second kappa shape index (κ2) is 3.70. The molecule has 0 heterocycles. The minimum atomic E-state index is 0.493. The van der Waals surface area contributed by atoms with Crippen LogP contribution in [-0.2, 0) is 0 Å². The number of hydrogen-bond acceptors (Lipinski definition) is 1. The van der Waals surface area contributed by atoms with E-state index < -0.39 is 0 Å². The standard InChI is InChI=1S/C9H14IN/c1-3-9(7-8(9)10)5-6-11-4-2/h4-6,8H,3,7H2,1-2H3/b6-5-,11-4?. The highest BCUT2D eigenvalue weighted by atomic mass is 127. The molecule has 2 heteroatoms.